The van der Waals surface area contributed by atoms with E-state index in [0.29, 0.717) is 17.7 Å². The summed E-state index contributed by atoms with van der Waals surface area (Å²) < 4.78 is 49.8. The highest BCUT2D eigenvalue weighted by Gasteiger charge is 2.36. The first-order valence-corrected chi connectivity index (χ1v) is 10.1. The Bertz CT molecular complexity index is 1040. The lowest BCUT2D eigenvalue weighted by atomic mass is 9.96. The second-order valence-corrected chi connectivity index (χ2v) is 7.40. The number of halogens is 3. The predicted molar refractivity (Wildman–Crippen MR) is 109 cm³/mol. The first-order chi connectivity index (χ1) is 13.9. The van der Waals surface area contributed by atoms with Crippen molar-refractivity contribution < 1.29 is 17.6 Å². The average molecular weight is 402 g/mol. The number of hydrogen-bond donors (Lipinski definition) is 0. The Kier molecular flexibility index (Phi) is 6.46. The van der Waals surface area contributed by atoms with Crippen molar-refractivity contribution in [1.82, 2.24) is 0 Å². The molecule has 0 atom stereocenters. The van der Waals surface area contributed by atoms with Gasteiger partial charge in [-0.1, -0.05) is 57.0 Å². The molecule has 0 radical (unpaired) electrons. The van der Waals surface area contributed by atoms with Gasteiger partial charge in [-0.3, -0.25) is 0 Å². The summed E-state index contributed by atoms with van der Waals surface area (Å²) in [6, 6.07) is 10.9. The quantitative estimate of drug-likeness (QED) is 0.399. The Morgan fingerprint density at radius 2 is 1.66 bits per heavy atom. The van der Waals surface area contributed by atoms with Crippen LogP contribution in [-0.4, -0.2) is 0 Å². The lowest BCUT2D eigenvalue weighted by Gasteiger charge is -2.18. The van der Waals surface area contributed by atoms with E-state index in [2.05, 4.69) is 6.92 Å². The van der Waals surface area contributed by atoms with Gasteiger partial charge in [-0.2, -0.15) is 0 Å². The summed E-state index contributed by atoms with van der Waals surface area (Å²) in [7, 11) is 0. The SMILES string of the molecule is CCCCCc1cc2ccc(C(F)(F)Cc3ccc(CC)cc3)c(F)c2c(=O)o1. The van der Waals surface area contributed by atoms with E-state index in [0.717, 1.165) is 37.3 Å². The molecule has 0 amide bonds. The smallest absolute Gasteiger partial charge is 0.346 e. The van der Waals surface area contributed by atoms with Crippen LogP contribution in [-0.2, 0) is 25.2 Å². The number of rotatable bonds is 8. The second-order valence-electron chi connectivity index (χ2n) is 7.40. The predicted octanol–water partition coefficient (Wildman–Crippen LogP) is 6.56. The molecule has 0 saturated heterocycles. The van der Waals surface area contributed by atoms with Gasteiger partial charge in [-0.15, -0.1) is 0 Å². The minimum absolute atomic E-state index is 0.289. The van der Waals surface area contributed by atoms with Crippen LogP contribution in [0.5, 0.6) is 0 Å². The molecule has 29 heavy (non-hydrogen) atoms. The van der Waals surface area contributed by atoms with Crippen molar-refractivity contribution in [3.05, 3.63) is 81.2 Å². The highest BCUT2D eigenvalue weighted by Crippen LogP contribution is 2.36. The molecule has 0 fully saturated rings. The summed E-state index contributed by atoms with van der Waals surface area (Å²) in [5.74, 6) is -4.20. The third-order valence-electron chi connectivity index (χ3n) is 5.20. The molecule has 0 saturated carbocycles. The standard InChI is InChI=1S/C24H25F3O2/c1-3-5-6-7-19-14-18-12-13-20(22(25)21(18)23(28)29-19)24(26,27)15-17-10-8-16(4-2)9-11-17/h8-14H,3-7,15H2,1-2H3. The fourth-order valence-electron chi connectivity index (χ4n) is 3.49. The van der Waals surface area contributed by atoms with Gasteiger partial charge in [0.15, 0.2) is 0 Å². The van der Waals surface area contributed by atoms with Crippen LogP contribution in [0.4, 0.5) is 13.2 Å². The number of fused-ring (bicyclic) bond motifs is 1. The monoisotopic (exact) mass is 402 g/mol. The van der Waals surface area contributed by atoms with E-state index in [1.807, 2.05) is 6.92 Å². The topological polar surface area (TPSA) is 30.2 Å². The van der Waals surface area contributed by atoms with Gasteiger partial charge in [-0.05, 0) is 41.5 Å². The largest absolute Gasteiger partial charge is 0.427 e. The fourth-order valence-corrected chi connectivity index (χ4v) is 3.49. The lowest BCUT2D eigenvalue weighted by molar-refractivity contribution is -0.00705. The van der Waals surface area contributed by atoms with E-state index in [-0.39, 0.29) is 5.39 Å². The van der Waals surface area contributed by atoms with Gasteiger partial charge < -0.3 is 4.42 Å². The molecule has 3 aromatic rings. The van der Waals surface area contributed by atoms with E-state index < -0.39 is 34.7 Å². The van der Waals surface area contributed by atoms with Gasteiger partial charge >= 0.3 is 5.63 Å². The van der Waals surface area contributed by atoms with Crippen LogP contribution in [0.15, 0.2) is 51.7 Å². The van der Waals surface area contributed by atoms with E-state index >= 15 is 0 Å². The zero-order valence-corrected chi connectivity index (χ0v) is 16.7. The second kappa shape index (κ2) is 8.85. The highest BCUT2D eigenvalue weighted by molar-refractivity contribution is 5.83. The first kappa shape index (κ1) is 21.2. The molecule has 154 valence electrons. The Morgan fingerprint density at radius 3 is 2.31 bits per heavy atom. The normalized spacial score (nSPS) is 11.9. The van der Waals surface area contributed by atoms with Gasteiger partial charge in [0.05, 0.1) is 5.56 Å². The number of hydrogen-bond acceptors (Lipinski definition) is 2. The molecule has 5 heteroatoms. The van der Waals surface area contributed by atoms with Gasteiger partial charge in [0, 0.05) is 12.8 Å². The van der Waals surface area contributed by atoms with Crippen molar-refractivity contribution in [2.24, 2.45) is 0 Å². The Hall–Kier alpha value is -2.56. The molecule has 0 N–H and O–H groups in total. The van der Waals surface area contributed by atoms with E-state index in [9.17, 15) is 18.0 Å². The zero-order valence-electron chi connectivity index (χ0n) is 16.7. The van der Waals surface area contributed by atoms with Crippen LogP contribution in [0.2, 0.25) is 0 Å². The summed E-state index contributed by atoms with van der Waals surface area (Å²) >= 11 is 0. The maximum Gasteiger partial charge on any atom is 0.346 e. The zero-order chi connectivity index (χ0) is 21.0. The van der Waals surface area contributed by atoms with Gasteiger partial charge in [-0.25, -0.2) is 18.0 Å². The first-order valence-electron chi connectivity index (χ1n) is 10.1. The van der Waals surface area contributed by atoms with Crippen LogP contribution in [0.3, 0.4) is 0 Å². The van der Waals surface area contributed by atoms with Crippen LogP contribution < -0.4 is 5.63 Å². The van der Waals surface area contributed by atoms with Gasteiger partial charge in [0.1, 0.15) is 17.0 Å². The van der Waals surface area contributed by atoms with Crippen molar-refractivity contribution in [2.75, 3.05) is 0 Å². The molecular formula is C24H25F3O2. The molecule has 0 aliphatic heterocycles. The minimum Gasteiger partial charge on any atom is -0.427 e. The van der Waals surface area contributed by atoms with Crippen molar-refractivity contribution in [2.45, 2.75) is 58.3 Å². The van der Waals surface area contributed by atoms with E-state index in [1.54, 1.807) is 30.3 Å². The maximum atomic E-state index is 14.9. The summed E-state index contributed by atoms with van der Waals surface area (Å²) in [5, 5.41) is -0.125. The maximum absolute atomic E-state index is 14.9. The van der Waals surface area contributed by atoms with Crippen LogP contribution in [0, 0.1) is 5.82 Å². The van der Waals surface area contributed by atoms with Crippen molar-refractivity contribution in [3.8, 4) is 0 Å². The molecule has 2 aromatic carbocycles. The van der Waals surface area contributed by atoms with Crippen LogP contribution >= 0.6 is 0 Å². The van der Waals surface area contributed by atoms with Crippen LogP contribution in [0.1, 0.15) is 55.6 Å². The van der Waals surface area contributed by atoms with Gasteiger partial charge in [0.2, 0.25) is 0 Å². The molecule has 0 unspecified atom stereocenters. The number of benzene rings is 2. The van der Waals surface area contributed by atoms with Crippen LogP contribution in [0.25, 0.3) is 10.8 Å². The Morgan fingerprint density at radius 1 is 0.966 bits per heavy atom. The molecule has 2 nitrogen and oxygen atoms in total. The lowest BCUT2D eigenvalue weighted by Crippen LogP contribution is -2.20. The third-order valence-corrected chi connectivity index (χ3v) is 5.20. The minimum atomic E-state index is -3.45. The fraction of sp³-hybridized carbons (Fsp3) is 0.375. The van der Waals surface area contributed by atoms with E-state index in [1.165, 1.54) is 6.07 Å². The molecule has 0 aliphatic rings. The van der Waals surface area contributed by atoms with Crippen molar-refractivity contribution in [3.63, 3.8) is 0 Å². The third kappa shape index (κ3) is 4.72. The summed E-state index contributed by atoms with van der Waals surface area (Å²) in [5.41, 5.74) is -0.238. The van der Waals surface area contributed by atoms with E-state index in [4.69, 9.17) is 4.42 Å². The molecule has 0 bridgehead atoms. The summed E-state index contributed by atoms with van der Waals surface area (Å²) in [6.07, 6.45) is 3.59. The Labute approximate surface area is 168 Å². The average Bonchev–Trinajstić information content (AvgIpc) is 2.68. The molecule has 3 rings (SSSR count). The number of alkyl halides is 2. The molecule has 1 aromatic heterocycles. The van der Waals surface area contributed by atoms with Gasteiger partial charge in [0.25, 0.3) is 5.92 Å². The Balaban J connectivity index is 1.94. The number of unbranched alkanes of at least 4 members (excludes halogenated alkanes) is 2. The molecule has 0 aliphatic carbocycles. The molecule has 1 heterocycles. The van der Waals surface area contributed by atoms with Crippen molar-refractivity contribution >= 4 is 10.8 Å². The molecular weight excluding hydrogens is 377 g/mol. The summed E-state index contributed by atoms with van der Waals surface area (Å²) in [4.78, 5) is 12.3. The highest BCUT2D eigenvalue weighted by atomic mass is 19.3. The number of aryl methyl sites for hydroxylation is 2. The molecule has 0 spiro atoms. The van der Waals surface area contributed by atoms with Crippen molar-refractivity contribution in [1.29, 1.82) is 0 Å². The summed E-state index contributed by atoms with van der Waals surface area (Å²) in [6.45, 7) is 4.04.